The van der Waals surface area contributed by atoms with Crippen molar-refractivity contribution in [2.45, 2.75) is 58.4 Å². The molecule has 2 aromatic rings. The number of halogens is 1. The lowest BCUT2D eigenvalue weighted by molar-refractivity contribution is -0.134. The number of nitrogens with zero attached hydrogens (tertiary/aromatic N) is 2. The van der Waals surface area contributed by atoms with Gasteiger partial charge >= 0.3 is 0 Å². The van der Waals surface area contributed by atoms with E-state index in [1.807, 2.05) is 60.5 Å². The zero-order valence-electron chi connectivity index (χ0n) is 20.6. The van der Waals surface area contributed by atoms with E-state index in [0.717, 1.165) is 37.7 Å². The van der Waals surface area contributed by atoms with Crippen LogP contribution in [0.4, 0.5) is 0 Å². The first kappa shape index (κ1) is 26.1. The van der Waals surface area contributed by atoms with Crippen molar-refractivity contribution < 1.29 is 14.3 Å². The maximum absolute atomic E-state index is 13.5. The summed E-state index contributed by atoms with van der Waals surface area (Å²) in [4.78, 5) is 30.3. The molecule has 34 heavy (non-hydrogen) atoms. The maximum atomic E-state index is 13.5. The predicted molar refractivity (Wildman–Crippen MR) is 137 cm³/mol. The molecule has 0 unspecified atom stereocenters. The lowest BCUT2D eigenvalue weighted by atomic mass is 10.0. The van der Waals surface area contributed by atoms with E-state index < -0.39 is 0 Å². The van der Waals surface area contributed by atoms with Gasteiger partial charge in [0.15, 0.2) is 0 Å². The zero-order chi connectivity index (χ0) is 24.5. The molecule has 0 aliphatic carbocycles. The molecule has 2 amide bonds. The largest absolute Gasteiger partial charge is 0.491 e. The van der Waals surface area contributed by atoms with Crippen LogP contribution in [0.3, 0.4) is 0 Å². The number of hydrogen-bond donors (Lipinski definition) is 0. The molecular weight excluding hydrogens is 448 g/mol. The molecule has 3 rings (SSSR count). The topological polar surface area (TPSA) is 49.9 Å². The molecule has 1 aliphatic heterocycles. The molecule has 1 heterocycles. The molecule has 0 aromatic heterocycles. The van der Waals surface area contributed by atoms with E-state index in [1.165, 1.54) is 0 Å². The Hall–Kier alpha value is -2.53. The van der Waals surface area contributed by atoms with E-state index in [9.17, 15) is 9.59 Å². The molecule has 2 aromatic carbocycles. The van der Waals surface area contributed by atoms with Gasteiger partial charge in [-0.25, -0.2) is 0 Å². The fourth-order valence-electron chi connectivity index (χ4n) is 4.47. The SMILES string of the molecule is CC(C)C[C@H]1COc2ccccc2C(=O)N(C)CCCCCCN1C(=O)Cc1ccc(Cl)cc1. The van der Waals surface area contributed by atoms with Gasteiger partial charge in [0.25, 0.3) is 5.91 Å². The molecule has 0 radical (unpaired) electrons. The molecule has 0 saturated carbocycles. The molecule has 0 fully saturated rings. The lowest BCUT2D eigenvalue weighted by Crippen LogP contribution is -2.46. The van der Waals surface area contributed by atoms with Crippen LogP contribution in [-0.2, 0) is 11.2 Å². The Kier molecular flexibility index (Phi) is 9.82. The summed E-state index contributed by atoms with van der Waals surface area (Å²) in [5, 5.41) is 0.666. The monoisotopic (exact) mass is 484 g/mol. The number of hydrogen-bond acceptors (Lipinski definition) is 3. The zero-order valence-corrected chi connectivity index (χ0v) is 21.4. The third-order valence-electron chi connectivity index (χ3n) is 6.31. The van der Waals surface area contributed by atoms with Crippen LogP contribution < -0.4 is 4.74 Å². The van der Waals surface area contributed by atoms with Gasteiger partial charge in [0.1, 0.15) is 12.4 Å². The van der Waals surface area contributed by atoms with Crippen LogP contribution >= 0.6 is 11.6 Å². The summed E-state index contributed by atoms with van der Waals surface area (Å²) < 4.78 is 6.25. The highest BCUT2D eigenvalue weighted by Crippen LogP contribution is 2.23. The third-order valence-corrected chi connectivity index (χ3v) is 6.56. The van der Waals surface area contributed by atoms with E-state index in [1.54, 1.807) is 4.90 Å². The Balaban J connectivity index is 1.86. The van der Waals surface area contributed by atoms with E-state index in [0.29, 0.717) is 48.4 Å². The van der Waals surface area contributed by atoms with Crippen LogP contribution in [0.1, 0.15) is 61.9 Å². The fourth-order valence-corrected chi connectivity index (χ4v) is 4.59. The minimum Gasteiger partial charge on any atom is -0.491 e. The summed E-state index contributed by atoms with van der Waals surface area (Å²) >= 11 is 6.03. The summed E-state index contributed by atoms with van der Waals surface area (Å²) in [6, 6.07) is 14.8. The summed E-state index contributed by atoms with van der Waals surface area (Å²) in [5.41, 5.74) is 1.53. The number of ether oxygens (including phenoxy) is 1. The number of carbonyl (C=O) groups excluding carboxylic acids is 2. The van der Waals surface area contributed by atoms with Crippen molar-refractivity contribution in [2.75, 3.05) is 26.7 Å². The molecular formula is C28H37ClN2O3. The number of para-hydroxylation sites is 1. The second kappa shape index (κ2) is 12.8. The van der Waals surface area contributed by atoms with Crippen LogP contribution in [0.25, 0.3) is 0 Å². The Morgan fingerprint density at radius 2 is 1.71 bits per heavy atom. The van der Waals surface area contributed by atoms with Gasteiger partial charge in [-0.2, -0.15) is 0 Å². The first-order valence-electron chi connectivity index (χ1n) is 12.4. The van der Waals surface area contributed by atoms with Crippen LogP contribution in [-0.4, -0.2) is 54.4 Å². The Bertz CT molecular complexity index is 945. The van der Waals surface area contributed by atoms with Crippen molar-refractivity contribution in [3.63, 3.8) is 0 Å². The van der Waals surface area contributed by atoms with Gasteiger partial charge in [0, 0.05) is 25.2 Å². The van der Waals surface area contributed by atoms with Gasteiger partial charge in [0.2, 0.25) is 5.91 Å². The normalized spacial score (nSPS) is 18.3. The number of benzene rings is 2. The van der Waals surface area contributed by atoms with Crippen LogP contribution in [0, 0.1) is 5.92 Å². The molecule has 184 valence electrons. The highest BCUT2D eigenvalue weighted by molar-refractivity contribution is 6.30. The van der Waals surface area contributed by atoms with Crippen molar-refractivity contribution in [1.29, 1.82) is 0 Å². The first-order valence-corrected chi connectivity index (χ1v) is 12.7. The Morgan fingerprint density at radius 3 is 2.41 bits per heavy atom. The first-order chi connectivity index (χ1) is 16.3. The Labute approximate surface area is 209 Å². The van der Waals surface area contributed by atoms with Gasteiger partial charge < -0.3 is 14.5 Å². The average molecular weight is 485 g/mol. The predicted octanol–water partition coefficient (Wildman–Crippen LogP) is 5.85. The van der Waals surface area contributed by atoms with Gasteiger partial charge in [-0.3, -0.25) is 9.59 Å². The number of fused-ring (bicyclic) bond motifs is 1. The summed E-state index contributed by atoms with van der Waals surface area (Å²) in [5.74, 6) is 1.06. The average Bonchev–Trinajstić information content (AvgIpc) is 2.81. The highest BCUT2D eigenvalue weighted by atomic mass is 35.5. The fraction of sp³-hybridized carbons (Fsp3) is 0.500. The molecule has 0 spiro atoms. The lowest BCUT2D eigenvalue weighted by Gasteiger charge is -2.34. The summed E-state index contributed by atoms with van der Waals surface area (Å²) in [6.45, 7) is 6.11. The van der Waals surface area contributed by atoms with E-state index in [4.69, 9.17) is 16.3 Å². The van der Waals surface area contributed by atoms with Gasteiger partial charge in [0.05, 0.1) is 18.0 Å². The second-order valence-electron chi connectivity index (χ2n) is 9.62. The molecule has 6 heteroatoms. The number of amides is 2. The summed E-state index contributed by atoms with van der Waals surface area (Å²) in [6.07, 6.45) is 5.12. The number of carbonyl (C=O) groups is 2. The molecule has 1 atom stereocenters. The van der Waals surface area contributed by atoms with Crippen molar-refractivity contribution in [1.82, 2.24) is 9.80 Å². The third kappa shape index (κ3) is 7.49. The summed E-state index contributed by atoms with van der Waals surface area (Å²) in [7, 11) is 1.85. The molecule has 5 nitrogen and oxygen atoms in total. The second-order valence-corrected chi connectivity index (χ2v) is 10.1. The Morgan fingerprint density at radius 1 is 1.03 bits per heavy atom. The van der Waals surface area contributed by atoms with E-state index in [2.05, 4.69) is 13.8 Å². The van der Waals surface area contributed by atoms with Gasteiger partial charge in [-0.05, 0) is 55.0 Å². The van der Waals surface area contributed by atoms with E-state index >= 15 is 0 Å². The molecule has 1 aliphatic rings. The minimum absolute atomic E-state index is 0.0243. The van der Waals surface area contributed by atoms with Crippen LogP contribution in [0.2, 0.25) is 5.02 Å². The quantitative estimate of drug-likeness (QED) is 0.546. The molecule has 0 saturated heterocycles. The van der Waals surface area contributed by atoms with Gasteiger partial charge in [-0.1, -0.05) is 62.6 Å². The van der Waals surface area contributed by atoms with Crippen LogP contribution in [0.15, 0.2) is 48.5 Å². The van der Waals surface area contributed by atoms with Gasteiger partial charge in [-0.15, -0.1) is 0 Å². The van der Waals surface area contributed by atoms with Crippen molar-refractivity contribution >= 4 is 23.4 Å². The standard InChI is InChI=1S/C28H37ClN2O3/c1-21(2)18-24-20-34-26-11-7-6-10-25(26)28(33)30(3)16-8-4-5-9-17-31(24)27(32)19-22-12-14-23(29)15-13-22/h6-7,10-15,21,24H,4-5,8-9,16-20H2,1-3H3/t24-/m0/s1. The minimum atomic E-state index is -0.0661. The van der Waals surface area contributed by atoms with Crippen molar-refractivity contribution in [2.24, 2.45) is 5.92 Å². The maximum Gasteiger partial charge on any atom is 0.257 e. The van der Waals surface area contributed by atoms with Crippen molar-refractivity contribution in [3.8, 4) is 5.75 Å². The van der Waals surface area contributed by atoms with E-state index in [-0.39, 0.29) is 17.9 Å². The van der Waals surface area contributed by atoms with Crippen molar-refractivity contribution in [3.05, 3.63) is 64.7 Å². The molecule has 0 bridgehead atoms. The van der Waals surface area contributed by atoms with Crippen LogP contribution in [0.5, 0.6) is 5.75 Å². The number of rotatable bonds is 4. The smallest absolute Gasteiger partial charge is 0.257 e. The molecule has 0 N–H and O–H groups in total. The highest BCUT2D eigenvalue weighted by Gasteiger charge is 2.26.